The highest BCUT2D eigenvalue weighted by Gasteiger charge is 1.92. The van der Waals surface area contributed by atoms with E-state index in [0.29, 0.717) is 0 Å². The van der Waals surface area contributed by atoms with Crippen LogP contribution in [0.5, 0.6) is 0 Å². The van der Waals surface area contributed by atoms with Gasteiger partial charge in [0, 0.05) is 30.2 Å². The largest absolute Gasteiger partial charge is 0.310 e. The average Bonchev–Trinajstić information content (AvgIpc) is 2.21. The molecule has 0 unspecified atom stereocenters. The lowest BCUT2D eigenvalue weighted by Crippen LogP contribution is -2.14. The molecule has 1 aromatic rings. The van der Waals surface area contributed by atoms with Crippen LogP contribution in [0.1, 0.15) is 19.0 Å². The predicted molar refractivity (Wildman–Crippen MR) is 61.7 cm³/mol. The van der Waals surface area contributed by atoms with Crippen molar-refractivity contribution in [3.63, 3.8) is 0 Å². The standard InChI is InChI=1S/C11H13BrN2/c1-2-3-4-7-13-9-11-6-5-10(12)8-14-11/h5-6,8,13H,4,7,9H2,1H3. The van der Waals surface area contributed by atoms with E-state index in [2.05, 4.69) is 38.1 Å². The minimum absolute atomic E-state index is 0.804. The lowest BCUT2D eigenvalue weighted by Gasteiger charge is -2.01. The van der Waals surface area contributed by atoms with E-state index in [-0.39, 0.29) is 0 Å². The summed E-state index contributed by atoms with van der Waals surface area (Å²) < 4.78 is 1.01. The Hall–Kier alpha value is -0.850. The number of aromatic nitrogens is 1. The summed E-state index contributed by atoms with van der Waals surface area (Å²) >= 11 is 3.35. The van der Waals surface area contributed by atoms with Gasteiger partial charge in [-0.1, -0.05) is 0 Å². The highest BCUT2D eigenvalue weighted by Crippen LogP contribution is 2.06. The van der Waals surface area contributed by atoms with E-state index in [4.69, 9.17) is 0 Å². The zero-order valence-corrected chi connectivity index (χ0v) is 9.76. The summed E-state index contributed by atoms with van der Waals surface area (Å²) in [6.07, 6.45) is 2.70. The van der Waals surface area contributed by atoms with E-state index < -0.39 is 0 Å². The number of pyridine rings is 1. The van der Waals surface area contributed by atoms with E-state index in [1.165, 1.54) is 0 Å². The van der Waals surface area contributed by atoms with Gasteiger partial charge in [-0.3, -0.25) is 4.98 Å². The number of nitrogens with zero attached hydrogens (tertiary/aromatic N) is 1. The summed E-state index contributed by atoms with van der Waals surface area (Å²) in [4.78, 5) is 4.25. The number of hydrogen-bond acceptors (Lipinski definition) is 2. The lowest BCUT2D eigenvalue weighted by molar-refractivity contribution is 0.687. The molecule has 1 rings (SSSR count). The molecule has 0 saturated heterocycles. The van der Waals surface area contributed by atoms with Crippen LogP contribution in [-0.4, -0.2) is 11.5 Å². The van der Waals surface area contributed by atoms with Crippen molar-refractivity contribution in [2.75, 3.05) is 6.54 Å². The Kier molecular flexibility index (Phi) is 5.28. The van der Waals surface area contributed by atoms with Gasteiger partial charge in [-0.25, -0.2) is 0 Å². The Morgan fingerprint density at radius 2 is 2.36 bits per heavy atom. The summed E-state index contributed by atoms with van der Waals surface area (Å²) in [5.41, 5.74) is 1.05. The maximum Gasteiger partial charge on any atom is 0.0542 e. The van der Waals surface area contributed by atoms with Gasteiger partial charge in [-0.15, -0.1) is 11.8 Å². The van der Waals surface area contributed by atoms with Crippen LogP contribution in [0.25, 0.3) is 0 Å². The minimum atomic E-state index is 0.804. The topological polar surface area (TPSA) is 24.9 Å². The number of halogens is 1. The van der Waals surface area contributed by atoms with Crippen LogP contribution in [-0.2, 0) is 6.54 Å². The zero-order valence-electron chi connectivity index (χ0n) is 8.18. The van der Waals surface area contributed by atoms with Crippen LogP contribution in [0.15, 0.2) is 22.8 Å². The van der Waals surface area contributed by atoms with Crippen LogP contribution in [0.3, 0.4) is 0 Å². The normalized spacial score (nSPS) is 9.29. The van der Waals surface area contributed by atoms with Gasteiger partial charge in [0.25, 0.3) is 0 Å². The SMILES string of the molecule is CC#CCCNCc1ccc(Br)cn1. The fourth-order valence-corrected chi connectivity index (χ4v) is 1.24. The van der Waals surface area contributed by atoms with Crippen molar-refractivity contribution in [3.8, 4) is 11.8 Å². The summed E-state index contributed by atoms with van der Waals surface area (Å²) in [6.45, 7) is 3.58. The number of rotatable bonds is 4. The average molecular weight is 253 g/mol. The third-order valence-electron chi connectivity index (χ3n) is 1.70. The highest BCUT2D eigenvalue weighted by molar-refractivity contribution is 9.10. The fraction of sp³-hybridized carbons (Fsp3) is 0.364. The molecule has 0 aliphatic rings. The van der Waals surface area contributed by atoms with Crippen molar-refractivity contribution in [1.82, 2.24) is 10.3 Å². The third kappa shape index (κ3) is 4.40. The first kappa shape index (κ1) is 11.2. The second-order valence-electron chi connectivity index (χ2n) is 2.82. The third-order valence-corrected chi connectivity index (χ3v) is 2.17. The summed E-state index contributed by atoms with van der Waals surface area (Å²) in [6, 6.07) is 4.00. The number of nitrogens with one attached hydrogen (secondary N) is 1. The second kappa shape index (κ2) is 6.58. The second-order valence-corrected chi connectivity index (χ2v) is 3.74. The van der Waals surface area contributed by atoms with Crippen molar-refractivity contribution in [3.05, 3.63) is 28.5 Å². The quantitative estimate of drug-likeness (QED) is 0.658. The Morgan fingerprint density at radius 3 is 3.00 bits per heavy atom. The molecule has 0 radical (unpaired) electrons. The molecule has 2 nitrogen and oxygen atoms in total. The molecule has 0 aliphatic carbocycles. The van der Waals surface area contributed by atoms with Gasteiger partial charge in [-0.2, -0.15) is 0 Å². The van der Waals surface area contributed by atoms with Gasteiger partial charge < -0.3 is 5.32 Å². The summed E-state index contributed by atoms with van der Waals surface area (Å²) in [7, 11) is 0. The molecule has 1 heterocycles. The molecule has 0 bridgehead atoms. The Balaban J connectivity index is 2.23. The van der Waals surface area contributed by atoms with Crippen LogP contribution in [0, 0.1) is 11.8 Å². The van der Waals surface area contributed by atoms with E-state index in [9.17, 15) is 0 Å². The fourth-order valence-electron chi connectivity index (χ4n) is 1.00. The molecule has 0 fully saturated rings. The Labute approximate surface area is 93.3 Å². The Bertz CT molecular complexity index is 321. The van der Waals surface area contributed by atoms with Crippen LogP contribution < -0.4 is 5.32 Å². The van der Waals surface area contributed by atoms with Crippen molar-refractivity contribution >= 4 is 15.9 Å². The van der Waals surface area contributed by atoms with Crippen LogP contribution >= 0.6 is 15.9 Å². The van der Waals surface area contributed by atoms with Crippen LogP contribution in [0.2, 0.25) is 0 Å². The van der Waals surface area contributed by atoms with Gasteiger partial charge in [-0.05, 0) is 35.0 Å². The molecular formula is C11H13BrN2. The van der Waals surface area contributed by atoms with Crippen LogP contribution in [0.4, 0.5) is 0 Å². The first-order chi connectivity index (χ1) is 6.83. The predicted octanol–water partition coefficient (Wildman–Crippen LogP) is 2.35. The molecule has 0 atom stereocenters. The van der Waals surface area contributed by atoms with Gasteiger partial charge in [0.05, 0.1) is 5.69 Å². The van der Waals surface area contributed by atoms with Crippen molar-refractivity contribution in [2.45, 2.75) is 19.9 Å². The maximum absolute atomic E-state index is 4.25. The summed E-state index contributed by atoms with van der Waals surface area (Å²) in [5, 5.41) is 3.28. The van der Waals surface area contributed by atoms with Crippen molar-refractivity contribution in [2.24, 2.45) is 0 Å². The van der Waals surface area contributed by atoms with Gasteiger partial charge in [0.2, 0.25) is 0 Å². The molecule has 0 saturated carbocycles. The van der Waals surface area contributed by atoms with E-state index in [1.807, 2.05) is 25.3 Å². The van der Waals surface area contributed by atoms with E-state index >= 15 is 0 Å². The maximum atomic E-state index is 4.25. The molecule has 74 valence electrons. The van der Waals surface area contributed by atoms with Gasteiger partial charge >= 0.3 is 0 Å². The monoisotopic (exact) mass is 252 g/mol. The molecule has 3 heteroatoms. The minimum Gasteiger partial charge on any atom is -0.310 e. The number of hydrogen-bond donors (Lipinski definition) is 1. The highest BCUT2D eigenvalue weighted by atomic mass is 79.9. The molecule has 0 spiro atoms. The van der Waals surface area contributed by atoms with Gasteiger partial charge in [0.1, 0.15) is 0 Å². The van der Waals surface area contributed by atoms with Crippen molar-refractivity contribution in [1.29, 1.82) is 0 Å². The van der Waals surface area contributed by atoms with Gasteiger partial charge in [0.15, 0.2) is 0 Å². The molecule has 0 aromatic carbocycles. The first-order valence-electron chi connectivity index (χ1n) is 4.53. The van der Waals surface area contributed by atoms with Crippen molar-refractivity contribution < 1.29 is 0 Å². The Morgan fingerprint density at radius 1 is 1.50 bits per heavy atom. The molecule has 1 N–H and O–H groups in total. The zero-order chi connectivity index (χ0) is 10.2. The summed E-state index contributed by atoms with van der Waals surface area (Å²) in [5.74, 6) is 5.87. The molecule has 14 heavy (non-hydrogen) atoms. The molecule has 0 aliphatic heterocycles. The molecule has 0 amide bonds. The molecule has 1 aromatic heterocycles. The van der Waals surface area contributed by atoms with E-state index in [1.54, 1.807) is 0 Å². The van der Waals surface area contributed by atoms with E-state index in [0.717, 1.165) is 29.7 Å². The smallest absolute Gasteiger partial charge is 0.0542 e. The molecular weight excluding hydrogens is 240 g/mol. The lowest BCUT2D eigenvalue weighted by atomic mass is 10.3. The first-order valence-corrected chi connectivity index (χ1v) is 5.33.